The molecule has 2 atom stereocenters. The van der Waals surface area contributed by atoms with Crippen molar-refractivity contribution in [3.05, 3.63) is 35.4 Å². The molecule has 0 aliphatic carbocycles. The topological polar surface area (TPSA) is 35.2 Å². The molecule has 0 radical (unpaired) electrons. The Hall–Kier alpha value is -0.860. The van der Waals surface area contributed by atoms with E-state index in [0.717, 1.165) is 13.0 Å². The van der Waals surface area contributed by atoms with E-state index in [4.69, 9.17) is 10.5 Å². The minimum Gasteiger partial charge on any atom is -0.385 e. The van der Waals surface area contributed by atoms with Gasteiger partial charge in [0.2, 0.25) is 0 Å². The highest BCUT2D eigenvalue weighted by Gasteiger charge is 2.18. The monoisotopic (exact) mass is 221 g/mol. The first-order valence-electron chi connectivity index (χ1n) is 5.95. The summed E-state index contributed by atoms with van der Waals surface area (Å²) in [5.41, 5.74) is 8.62. The van der Waals surface area contributed by atoms with Crippen molar-refractivity contribution in [2.75, 3.05) is 20.3 Å². The van der Waals surface area contributed by atoms with Crippen LogP contribution in [0.3, 0.4) is 0 Å². The second-order valence-electron chi connectivity index (χ2n) is 4.46. The van der Waals surface area contributed by atoms with Crippen molar-refractivity contribution in [2.45, 2.75) is 26.2 Å². The quantitative estimate of drug-likeness (QED) is 0.801. The minimum absolute atomic E-state index is 0.441. The predicted octanol–water partition coefficient (Wildman–Crippen LogP) is 2.71. The van der Waals surface area contributed by atoms with E-state index in [1.54, 1.807) is 7.11 Å². The van der Waals surface area contributed by atoms with Crippen LogP contribution >= 0.6 is 0 Å². The maximum Gasteiger partial charge on any atom is 0.0465 e. The van der Waals surface area contributed by atoms with E-state index in [-0.39, 0.29) is 0 Å². The summed E-state index contributed by atoms with van der Waals surface area (Å²) in [6, 6.07) is 8.51. The number of rotatable bonds is 6. The SMILES string of the molecule is COCCC(C)C(CN)c1ccccc1C. The van der Waals surface area contributed by atoms with E-state index in [1.807, 2.05) is 0 Å². The molecule has 0 aliphatic heterocycles. The van der Waals surface area contributed by atoms with Gasteiger partial charge in [0, 0.05) is 13.7 Å². The molecule has 0 saturated heterocycles. The van der Waals surface area contributed by atoms with Gasteiger partial charge in [0.1, 0.15) is 0 Å². The van der Waals surface area contributed by atoms with E-state index in [0.29, 0.717) is 18.4 Å². The molecule has 0 heterocycles. The summed E-state index contributed by atoms with van der Waals surface area (Å²) in [4.78, 5) is 0. The molecule has 2 N–H and O–H groups in total. The van der Waals surface area contributed by atoms with Gasteiger partial charge in [-0.25, -0.2) is 0 Å². The summed E-state index contributed by atoms with van der Waals surface area (Å²) in [6.07, 6.45) is 1.06. The van der Waals surface area contributed by atoms with Gasteiger partial charge < -0.3 is 10.5 Å². The van der Waals surface area contributed by atoms with E-state index in [2.05, 4.69) is 38.1 Å². The van der Waals surface area contributed by atoms with Crippen LogP contribution in [0.2, 0.25) is 0 Å². The van der Waals surface area contributed by atoms with Crippen LogP contribution in [-0.2, 0) is 4.74 Å². The van der Waals surface area contributed by atoms with Crippen molar-refractivity contribution in [2.24, 2.45) is 11.7 Å². The molecule has 2 unspecified atom stereocenters. The Bertz CT molecular complexity index is 311. The fraction of sp³-hybridized carbons (Fsp3) is 0.571. The van der Waals surface area contributed by atoms with E-state index in [1.165, 1.54) is 11.1 Å². The third-order valence-electron chi connectivity index (χ3n) is 3.31. The molecule has 0 aliphatic rings. The smallest absolute Gasteiger partial charge is 0.0465 e. The van der Waals surface area contributed by atoms with Crippen molar-refractivity contribution >= 4 is 0 Å². The van der Waals surface area contributed by atoms with Crippen LogP contribution in [0, 0.1) is 12.8 Å². The molecule has 0 fully saturated rings. The fourth-order valence-corrected chi connectivity index (χ4v) is 2.17. The van der Waals surface area contributed by atoms with E-state index >= 15 is 0 Å². The Morgan fingerprint density at radius 1 is 1.31 bits per heavy atom. The van der Waals surface area contributed by atoms with Crippen molar-refractivity contribution < 1.29 is 4.74 Å². The molecule has 1 aromatic rings. The first kappa shape index (κ1) is 13.2. The second-order valence-corrected chi connectivity index (χ2v) is 4.46. The average Bonchev–Trinajstić information content (AvgIpc) is 2.30. The van der Waals surface area contributed by atoms with Gasteiger partial charge in [-0.2, -0.15) is 0 Å². The van der Waals surface area contributed by atoms with Crippen LogP contribution in [0.5, 0.6) is 0 Å². The minimum atomic E-state index is 0.441. The maximum absolute atomic E-state index is 5.91. The second kappa shape index (κ2) is 6.66. The fourth-order valence-electron chi connectivity index (χ4n) is 2.17. The maximum atomic E-state index is 5.91. The number of nitrogens with two attached hydrogens (primary N) is 1. The van der Waals surface area contributed by atoms with Crippen molar-refractivity contribution in [1.82, 2.24) is 0 Å². The highest BCUT2D eigenvalue weighted by molar-refractivity contribution is 5.29. The van der Waals surface area contributed by atoms with E-state index in [9.17, 15) is 0 Å². The lowest BCUT2D eigenvalue weighted by atomic mass is 9.83. The third-order valence-corrected chi connectivity index (χ3v) is 3.31. The first-order chi connectivity index (χ1) is 7.70. The van der Waals surface area contributed by atoms with Gasteiger partial charge in [0.05, 0.1) is 0 Å². The highest BCUT2D eigenvalue weighted by atomic mass is 16.5. The Balaban J connectivity index is 2.77. The number of ether oxygens (including phenoxy) is 1. The van der Waals surface area contributed by atoms with Gasteiger partial charge in [-0.05, 0) is 42.9 Å². The Labute approximate surface area is 98.8 Å². The molecule has 1 aromatic carbocycles. The first-order valence-corrected chi connectivity index (χ1v) is 5.95. The van der Waals surface area contributed by atoms with Crippen LogP contribution in [0.4, 0.5) is 0 Å². The molecule has 0 aromatic heterocycles. The van der Waals surface area contributed by atoms with Crippen LogP contribution in [0.25, 0.3) is 0 Å². The number of hydrogen-bond donors (Lipinski definition) is 1. The van der Waals surface area contributed by atoms with Gasteiger partial charge in [-0.3, -0.25) is 0 Å². The molecule has 0 saturated carbocycles. The summed E-state index contributed by atoms with van der Waals surface area (Å²) >= 11 is 0. The summed E-state index contributed by atoms with van der Waals surface area (Å²) < 4.78 is 5.13. The summed E-state index contributed by atoms with van der Waals surface area (Å²) in [5, 5.41) is 0. The molecule has 0 spiro atoms. The van der Waals surface area contributed by atoms with Gasteiger partial charge >= 0.3 is 0 Å². The molecule has 1 rings (SSSR count). The average molecular weight is 221 g/mol. The van der Waals surface area contributed by atoms with E-state index < -0.39 is 0 Å². The Kier molecular flexibility index (Phi) is 5.50. The highest BCUT2D eigenvalue weighted by Crippen LogP contribution is 2.28. The van der Waals surface area contributed by atoms with Gasteiger partial charge in [0.15, 0.2) is 0 Å². The molecule has 2 nitrogen and oxygen atoms in total. The molecular weight excluding hydrogens is 198 g/mol. The van der Waals surface area contributed by atoms with Crippen molar-refractivity contribution in [3.63, 3.8) is 0 Å². The van der Waals surface area contributed by atoms with Crippen LogP contribution in [0.1, 0.15) is 30.4 Å². The summed E-state index contributed by atoms with van der Waals surface area (Å²) in [7, 11) is 1.75. The number of methoxy groups -OCH3 is 1. The Morgan fingerprint density at radius 2 is 2.00 bits per heavy atom. The standard InChI is InChI=1S/C14H23NO/c1-11-6-4-5-7-13(11)14(10-15)12(2)8-9-16-3/h4-7,12,14H,8-10,15H2,1-3H3. The van der Waals surface area contributed by atoms with Crippen LogP contribution in [0.15, 0.2) is 24.3 Å². The number of aryl methyl sites for hydroxylation is 1. The van der Waals surface area contributed by atoms with Crippen molar-refractivity contribution in [3.8, 4) is 0 Å². The number of benzene rings is 1. The normalized spacial score (nSPS) is 14.8. The Morgan fingerprint density at radius 3 is 2.56 bits per heavy atom. The largest absolute Gasteiger partial charge is 0.385 e. The zero-order valence-corrected chi connectivity index (χ0v) is 10.6. The van der Waals surface area contributed by atoms with Crippen LogP contribution in [-0.4, -0.2) is 20.3 Å². The third kappa shape index (κ3) is 3.32. The van der Waals surface area contributed by atoms with Crippen LogP contribution < -0.4 is 5.73 Å². The molecule has 2 heteroatoms. The lowest BCUT2D eigenvalue weighted by Crippen LogP contribution is -2.21. The molecule has 0 amide bonds. The molecule has 0 bridgehead atoms. The lowest BCUT2D eigenvalue weighted by Gasteiger charge is -2.24. The summed E-state index contributed by atoms with van der Waals surface area (Å²) in [5.74, 6) is 1.00. The van der Waals surface area contributed by atoms with Gasteiger partial charge in [0.25, 0.3) is 0 Å². The molecule has 90 valence electrons. The zero-order valence-electron chi connectivity index (χ0n) is 10.6. The predicted molar refractivity (Wildman–Crippen MR) is 68.6 cm³/mol. The lowest BCUT2D eigenvalue weighted by molar-refractivity contribution is 0.174. The summed E-state index contributed by atoms with van der Waals surface area (Å²) in [6.45, 7) is 5.92. The molecular formula is C14H23NO. The number of hydrogen-bond acceptors (Lipinski definition) is 2. The molecule has 16 heavy (non-hydrogen) atoms. The zero-order chi connectivity index (χ0) is 12.0. The van der Waals surface area contributed by atoms with Gasteiger partial charge in [-0.1, -0.05) is 31.2 Å². The van der Waals surface area contributed by atoms with Crippen molar-refractivity contribution in [1.29, 1.82) is 0 Å². The van der Waals surface area contributed by atoms with Gasteiger partial charge in [-0.15, -0.1) is 0 Å².